The standard InChI is InChI=1S/C18H30N2O/c1-4-16(19)17(15-8-6-14(2)7-9-15)20-12-5-10-18(3,21)11-13-20/h6-9,16-17,21H,4-5,10-13,19H2,1-3H3. The lowest BCUT2D eigenvalue weighted by atomic mass is 9.95. The van der Waals surface area contributed by atoms with Gasteiger partial charge in [-0.05, 0) is 51.6 Å². The van der Waals surface area contributed by atoms with Crippen molar-refractivity contribution in [2.75, 3.05) is 13.1 Å². The molecule has 0 saturated carbocycles. The minimum atomic E-state index is -0.525. The quantitative estimate of drug-likeness (QED) is 0.896. The summed E-state index contributed by atoms with van der Waals surface area (Å²) in [5.74, 6) is 0. The number of rotatable bonds is 4. The molecule has 3 atom stereocenters. The zero-order valence-electron chi connectivity index (χ0n) is 13.7. The summed E-state index contributed by atoms with van der Waals surface area (Å²) in [6, 6.07) is 9.13. The van der Waals surface area contributed by atoms with Gasteiger partial charge in [0.1, 0.15) is 0 Å². The fraction of sp³-hybridized carbons (Fsp3) is 0.667. The van der Waals surface area contributed by atoms with Gasteiger partial charge in [-0.2, -0.15) is 0 Å². The average molecular weight is 290 g/mol. The maximum Gasteiger partial charge on any atom is 0.0632 e. The van der Waals surface area contributed by atoms with Gasteiger partial charge >= 0.3 is 0 Å². The lowest BCUT2D eigenvalue weighted by molar-refractivity contribution is 0.0422. The summed E-state index contributed by atoms with van der Waals surface area (Å²) in [4.78, 5) is 2.47. The predicted molar refractivity (Wildman–Crippen MR) is 88.2 cm³/mol. The Kier molecular flexibility index (Phi) is 5.42. The van der Waals surface area contributed by atoms with Crippen LogP contribution in [0.3, 0.4) is 0 Å². The van der Waals surface area contributed by atoms with Gasteiger partial charge in [0.15, 0.2) is 0 Å². The second-order valence-corrected chi connectivity index (χ2v) is 6.81. The van der Waals surface area contributed by atoms with Crippen molar-refractivity contribution in [3.8, 4) is 0 Å². The molecule has 3 nitrogen and oxygen atoms in total. The molecule has 118 valence electrons. The highest BCUT2D eigenvalue weighted by atomic mass is 16.3. The molecule has 1 fully saturated rings. The minimum absolute atomic E-state index is 0.135. The van der Waals surface area contributed by atoms with E-state index in [1.54, 1.807) is 0 Å². The molecule has 1 aromatic carbocycles. The largest absolute Gasteiger partial charge is 0.390 e. The highest BCUT2D eigenvalue weighted by Gasteiger charge is 2.31. The van der Waals surface area contributed by atoms with Gasteiger partial charge in [0, 0.05) is 18.6 Å². The molecule has 3 unspecified atom stereocenters. The van der Waals surface area contributed by atoms with Crippen LogP contribution >= 0.6 is 0 Å². The van der Waals surface area contributed by atoms with Gasteiger partial charge in [-0.25, -0.2) is 0 Å². The van der Waals surface area contributed by atoms with E-state index in [-0.39, 0.29) is 12.1 Å². The molecule has 1 heterocycles. The van der Waals surface area contributed by atoms with Gasteiger partial charge in [0.2, 0.25) is 0 Å². The summed E-state index contributed by atoms with van der Waals surface area (Å²) < 4.78 is 0. The topological polar surface area (TPSA) is 49.5 Å². The Morgan fingerprint density at radius 1 is 1.24 bits per heavy atom. The van der Waals surface area contributed by atoms with Crippen LogP contribution in [-0.4, -0.2) is 34.7 Å². The Morgan fingerprint density at radius 3 is 2.52 bits per heavy atom. The maximum absolute atomic E-state index is 10.3. The van der Waals surface area contributed by atoms with Crippen molar-refractivity contribution in [3.05, 3.63) is 35.4 Å². The molecule has 2 rings (SSSR count). The van der Waals surface area contributed by atoms with E-state index in [0.29, 0.717) is 0 Å². The second-order valence-electron chi connectivity index (χ2n) is 6.81. The fourth-order valence-electron chi connectivity index (χ4n) is 3.28. The first-order valence-corrected chi connectivity index (χ1v) is 8.21. The van der Waals surface area contributed by atoms with Crippen LogP contribution in [0, 0.1) is 6.92 Å². The van der Waals surface area contributed by atoms with Crippen LogP contribution in [0.4, 0.5) is 0 Å². The summed E-state index contributed by atoms with van der Waals surface area (Å²) in [5.41, 5.74) is 8.49. The Balaban J connectivity index is 2.21. The number of aliphatic hydroxyl groups is 1. The lowest BCUT2D eigenvalue weighted by Gasteiger charge is -2.35. The van der Waals surface area contributed by atoms with Crippen LogP contribution in [0.5, 0.6) is 0 Å². The first-order valence-electron chi connectivity index (χ1n) is 8.21. The van der Waals surface area contributed by atoms with E-state index in [0.717, 1.165) is 38.8 Å². The van der Waals surface area contributed by atoms with E-state index in [9.17, 15) is 5.11 Å². The van der Waals surface area contributed by atoms with E-state index < -0.39 is 5.60 Å². The molecule has 0 spiro atoms. The molecule has 0 bridgehead atoms. The zero-order valence-corrected chi connectivity index (χ0v) is 13.7. The number of hydrogen-bond donors (Lipinski definition) is 2. The predicted octanol–water partition coefficient (Wildman–Crippen LogP) is 3.01. The van der Waals surface area contributed by atoms with Crippen molar-refractivity contribution >= 4 is 0 Å². The number of nitrogens with two attached hydrogens (primary N) is 1. The molecule has 1 aliphatic rings. The summed E-state index contributed by atoms with van der Waals surface area (Å²) in [7, 11) is 0. The highest BCUT2D eigenvalue weighted by Crippen LogP contribution is 2.30. The SMILES string of the molecule is CCC(N)C(c1ccc(C)cc1)N1CCCC(C)(O)CC1. The van der Waals surface area contributed by atoms with Crippen molar-refractivity contribution in [3.63, 3.8) is 0 Å². The van der Waals surface area contributed by atoms with Crippen molar-refractivity contribution in [1.29, 1.82) is 0 Å². The number of benzene rings is 1. The Labute approximate surface area is 129 Å². The third kappa shape index (κ3) is 4.29. The van der Waals surface area contributed by atoms with E-state index in [2.05, 4.69) is 43.0 Å². The van der Waals surface area contributed by atoms with Crippen LogP contribution in [0.2, 0.25) is 0 Å². The van der Waals surface area contributed by atoms with Crippen LogP contribution < -0.4 is 5.73 Å². The molecule has 3 heteroatoms. The van der Waals surface area contributed by atoms with Gasteiger partial charge in [0.05, 0.1) is 5.60 Å². The van der Waals surface area contributed by atoms with Gasteiger partial charge < -0.3 is 10.8 Å². The number of aryl methyl sites for hydroxylation is 1. The normalized spacial score (nSPS) is 27.1. The van der Waals surface area contributed by atoms with Crippen molar-refractivity contribution in [2.45, 2.75) is 64.1 Å². The molecule has 1 saturated heterocycles. The van der Waals surface area contributed by atoms with Gasteiger partial charge in [-0.1, -0.05) is 36.8 Å². The summed E-state index contributed by atoms with van der Waals surface area (Å²) in [6.45, 7) is 8.15. The Morgan fingerprint density at radius 2 is 1.90 bits per heavy atom. The fourth-order valence-corrected chi connectivity index (χ4v) is 3.28. The van der Waals surface area contributed by atoms with Crippen LogP contribution in [0.15, 0.2) is 24.3 Å². The highest BCUT2D eigenvalue weighted by molar-refractivity contribution is 5.25. The van der Waals surface area contributed by atoms with Crippen molar-refractivity contribution < 1.29 is 5.11 Å². The van der Waals surface area contributed by atoms with E-state index in [1.165, 1.54) is 11.1 Å². The molecule has 0 aliphatic carbocycles. The molecule has 3 N–H and O–H groups in total. The number of nitrogens with zero attached hydrogens (tertiary/aromatic N) is 1. The molecular formula is C18H30N2O. The monoisotopic (exact) mass is 290 g/mol. The second kappa shape index (κ2) is 6.91. The van der Waals surface area contributed by atoms with E-state index in [1.807, 2.05) is 6.92 Å². The van der Waals surface area contributed by atoms with Gasteiger partial charge in [-0.15, -0.1) is 0 Å². The van der Waals surface area contributed by atoms with Crippen LogP contribution in [-0.2, 0) is 0 Å². The third-order valence-corrected chi connectivity index (χ3v) is 4.79. The summed E-state index contributed by atoms with van der Waals surface area (Å²) in [5, 5.41) is 10.3. The molecular weight excluding hydrogens is 260 g/mol. The summed E-state index contributed by atoms with van der Waals surface area (Å²) in [6.07, 6.45) is 3.70. The smallest absolute Gasteiger partial charge is 0.0632 e. The Bertz CT molecular complexity index is 441. The van der Waals surface area contributed by atoms with Crippen molar-refractivity contribution in [2.24, 2.45) is 5.73 Å². The number of likely N-dealkylation sites (tertiary alicyclic amines) is 1. The van der Waals surface area contributed by atoms with Crippen LogP contribution in [0.1, 0.15) is 56.7 Å². The molecule has 0 aromatic heterocycles. The first-order chi connectivity index (χ1) is 9.93. The first kappa shape index (κ1) is 16.5. The summed E-state index contributed by atoms with van der Waals surface area (Å²) >= 11 is 0. The average Bonchev–Trinajstić information content (AvgIpc) is 2.62. The van der Waals surface area contributed by atoms with E-state index in [4.69, 9.17) is 5.73 Å². The zero-order chi connectivity index (χ0) is 15.5. The molecule has 0 radical (unpaired) electrons. The Hall–Kier alpha value is -0.900. The molecule has 21 heavy (non-hydrogen) atoms. The third-order valence-electron chi connectivity index (χ3n) is 4.79. The number of hydrogen-bond acceptors (Lipinski definition) is 3. The maximum atomic E-state index is 10.3. The van der Waals surface area contributed by atoms with Gasteiger partial charge in [0.25, 0.3) is 0 Å². The van der Waals surface area contributed by atoms with Crippen molar-refractivity contribution in [1.82, 2.24) is 4.90 Å². The lowest BCUT2D eigenvalue weighted by Crippen LogP contribution is -2.41. The van der Waals surface area contributed by atoms with E-state index >= 15 is 0 Å². The molecule has 0 amide bonds. The van der Waals surface area contributed by atoms with Crippen LogP contribution in [0.25, 0.3) is 0 Å². The van der Waals surface area contributed by atoms with Gasteiger partial charge in [-0.3, -0.25) is 4.90 Å². The minimum Gasteiger partial charge on any atom is -0.390 e. The molecule has 1 aromatic rings. The molecule has 1 aliphatic heterocycles.